The van der Waals surface area contributed by atoms with Gasteiger partial charge in [0.25, 0.3) is 0 Å². The van der Waals surface area contributed by atoms with Crippen LogP contribution in [0.1, 0.15) is 72.4 Å². The van der Waals surface area contributed by atoms with Gasteiger partial charge in [-0.3, -0.25) is 9.89 Å². The lowest BCUT2D eigenvalue weighted by Gasteiger charge is -2.34. The minimum atomic E-state index is -0.0719. The summed E-state index contributed by atoms with van der Waals surface area (Å²) < 4.78 is 0. The summed E-state index contributed by atoms with van der Waals surface area (Å²) in [5.74, 6) is 0.108. The Morgan fingerprint density at radius 1 is 0.933 bits per heavy atom. The summed E-state index contributed by atoms with van der Waals surface area (Å²) in [6.07, 6.45) is 18.3. The van der Waals surface area contributed by atoms with Crippen LogP contribution in [0.15, 0.2) is 126 Å². The van der Waals surface area contributed by atoms with E-state index in [1.165, 1.54) is 22.3 Å². The van der Waals surface area contributed by atoms with E-state index < -0.39 is 0 Å². The van der Waals surface area contributed by atoms with Gasteiger partial charge in [0, 0.05) is 37.6 Å². The summed E-state index contributed by atoms with van der Waals surface area (Å²) in [5.41, 5.74) is 19.1. The number of nitrogens with two attached hydrogens (primary N) is 2. The van der Waals surface area contributed by atoms with Gasteiger partial charge in [-0.2, -0.15) is 0 Å². The second-order valence-electron chi connectivity index (χ2n) is 10.3. The van der Waals surface area contributed by atoms with E-state index in [1.54, 1.807) is 0 Å². The van der Waals surface area contributed by atoms with E-state index in [9.17, 15) is 0 Å². The van der Waals surface area contributed by atoms with Crippen molar-refractivity contribution in [1.29, 1.82) is 0 Å². The number of aliphatic imine (C=N–C) groups is 1. The summed E-state index contributed by atoms with van der Waals surface area (Å²) in [5, 5.41) is 7.29. The Hall–Kier alpha value is -4.03. The fourth-order valence-electron chi connectivity index (χ4n) is 4.98. The predicted molar refractivity (Wildman–Crippen MR) is 201 cm³/mol. The van der Waals surface area contributed by atoms with Gasteiger partial charge in [0.2, 0.25) is 0 Å². The van der Waals surface area contributed by atoms with Crippen LogP contribution in [-0.4, -0.2) is 42.6 Å². The van der Waals surface area contributed by atoms with Crippen molar-refractivity contribution in [2.24, 2.45) is 16.5 Å². The molecule has 0 aromatic heterocycles. The molecule has 6 N–H and O–H groups in total. The van der Waals surface area contributed by atoms with Gasteiger partial charge in [0.1, 0.15) is 0 Å². The topological polar surface area (TPSA) is 91.7 Å². The highest BCUT2D eigenvalue weighted by Gasteiger charge is 2.30. The van der Waals surface area contributed by atoms with Crippen LogP contribution in [0.5, 0.6) is 0 Å². The summed E-state index contributed by atoms with van der Waals surface area (Å²) in [6, 6.07) is 8.39. The smallest absolute Gasteiger partial charge is 0.185 e. The number of aryl methyl sites for hydroxylation is 1. The van der Waals surface area contributed by atoms with Crippen LogP contribution < -0.4 is 22.1 Å². The first-order valence-electron chi connectivity index (χ1n) is 16.4. The third kappa shape index (κ3) is 15.0. The summed E-state index contributed by atoms with van der Waals surface area (Å²) in [7, 11) is 0. The molecule has 0 aliphatic carbocycles. The van der Waals surface area contributed by atoms with Crippen LogP contribution >= 0.6 is 0 Å². The maximum atomic E-state index is 5.57. The monoisotopic (exact) mass is 615 g/mol. The Bertz CT molecular complexity index is 1180. The fraction of sp³-hybridized carbons (Fsp3) is 0.410. The molecule has 1 aliphatic rings. The number of nitrogens with zero attached hydrogens (tertiary/aromatic N) is 2. The lowest BCUT2D eigenvalue weighted by atomic mass is 9.99. The standard InChI is InChI=1S/C35H50N6.2C2H6/c1-8-13-30(14-9-2)34(41-24-31(15-10-3)32(25-41)16-11-4)28(7)40-33(17-12-22-38-35(36)37)27(6)39-23-29-20-18-26(5)19-21-29;2*1-2/h8-11,13-16,18-21,33-34,39-40H,1,6-7,12,17,22-25H2,2-5H3,(H4,36,37,38);2*1-2H3/b14-9-,15-10-,16-11-,30-13+;;. The van der Waals surface area contributed by atoms with Crippen molar-refractivity contribution in [2.45, 2.75) is 86.9 Å². The van der Waals surface area contributed by atoms with Crippen LogP contribution in [0.4, 0.5) is 0 Å². The van der Waals surface area contributed by atoms with Crippen molar-refractivity contribution in [3.8, 4) is 0 Å². The van der Waals surface area contributed by atoms with Gasteiger partial charge in [-0.15, -0.1) is 0 Å². The normalized spacial score (nSPS) is 14.8. The molecule has 1 aliphatic heterocycles. The average molecular weight is 615 g/mol. The Morgan fingerprint density at radius 2 is 1.51 bits per heavy atom. The lowest BCUT2D eigenvalue weighted by Crippen LogP contribution is -2.45. The zero-order valence-electron chi connectivity index (χ0n) is 29.5. The van der Waals surface area contributed by atoms with Crippen molar-refractivity contribution in [3.05, 3.63) is 132 Å². The van der Waals surface area contributed by atoms with E-state index >= 15 is 0 Å². The first kappa shape index (κ1) is 41.0. The minimum absolute atomic E-state index is 0.0687. The number of hydrogen-bond acceptors (Lipinski definition) is 4. The molecule has 0 fully saturated rings. The van der Waals surface area contributed by atoms with E-state index in [2.05, 4.69) is 128 Å². The Labute approximate surface area is 275 Å². The number of rotatable bonds is 17. The molecule has 1 heterocycles. The molecule has 0 saturated heterocycles. The Kier molecular flexibility index (Phi) is 22.1. The molecular formula is C39H62N6. The van der Waals surface area contributed by atoms with Gasteiger partial charge in [-0.1, -0.05) is 126 Å². The number of guanidine groups is 1. The molecule has 0 saturated carbocycles. The molecule has 1 aromatic carbocycles. The molecule has 6 heteroatoms. The third-order valence-corrected chi connectivity index (χ3v) is 6.94. The van der Waals surface area contributed by atoms with E-state index in [0.717, 1.165) is 42.9 Å². The van der Waals surface area contributed by atoms with Gasteiger partial charge in [-0.05, 0) is 62.8 Å². The Morgan fingerprint density at radius 3 is 2.00 bits per heavy atom. The molecule has 0 radical (unpaired) electrons. The van der Waals surface area contributed by atoms with Gasteiger partial charge < -0.3 is 22.1 Å². The third-order valence-electron chi connectivity index (χ3n) is 6.94. The molecule has 0 bridgehead atoms. The van der Waals surface area contributed by atoms with Crippen LogP contribution in [0.2, 0.25) is 0 Å². The van der Waals surface area contributed by atoms with Crippen LogP contribution in [0.25, 0.3) is 0 Å². The first-order valence-corrected chi connectivity index (χ1v) is 16.4. The SMILES string of the molecule is C=C/C=C(\C=C/C)C(C(=C)NC(CCCN=C(N)N)C(=C)NCc1ccc(C)cc1)N1CC(/C=C\C)=C(/C=C\C)C1.CC.CC. The van der Waals surface area contributed by atoms with Gasteiger partial charge in [0.05, 0.1) is 12.1 Å². The Balaban J connectivity index is 0.00000464. The molecule has 2 rings (SSSR count). The zero-order valence-corrected chi connectivity index (χ0v) is 29.5. The highest BCUT2D eigenvalue weighted by Crippen LogP contribution is 2.29. The number of allylic oxidation sites excluding steroid dienone is 5. The van der Waals surface area contributed by atoms with E-state index in [4.69, 9.17) is 11.5 Å². The van der Waals surface area contributed by atoms with E-state index in [0.29, 0.717) is 13.1 Å². The quantitative estimate of drug-likeness (QED) is 0.0618. The number of hydrogen-bond donors (Lipinski definition) is 4. The predicted octanol–water partition coefficient (Wildman–Crippen LogP) is 8.00. The second-order valence-corrected chi connectivity index (χ2v) is 10.3. The summed E-state index contributed by atoms with van der Waals surface area (Å²) in [4.78, 5) is 6.63. The first-order chi connectivity index (χ1) is 21.7. The molecule has 2 atom stereocenters. The maximum Gasteiger partial charge on any atom is 0.185 e. The highest BCUT2D eigenvalue weighted by molar-refractivity contribution is 5.75. The second kappa shape index (κ2) is 24.3. The molecule has 0 spiro atoms. The molecule has 248 valence electrons. The van der Waals surface area contributed by atoms with Gasteiger partial charge >= 0.3 is 0 Å². The van der Waals surface area contributed by atoms with Crippen molar-refractivity contribution >= 4 is 5.96 Å². The molecule has 6 nitrogen and oxygen atoms in total. The van der Waals surface area contributed by atoms with E-state index in [1.807, 2.05) is 40.7 Å². The molecule has 1 aromatic rings. The molecular weight excluding hydrogens is 552 g/mol. The van der Waals surface area contributed by atoms with Crippen LogP contribution in [-0.2, 0) is 6.54 Å². The van der Waals surface area contributed by atoms with E-state index in [-0.39, 0.29) is 18.0 Å². The minimum Gasteiger partial charge on any atom is -0.383 e. The summed E-state index contributed by atoms with van der Waals surface area (Å²) in [6.45, 7) is 32.1. The van der Waals surface area contributed by atoms with Gasteiger partial charge in [0.15, 0.2) is 5.96 Å². The largest absolute Gasteiger partial charge is 0.383 e. The highest BCUT2D eigenvalue weighted by atomic mass is 15.2. The zero-order chi connectivity index (χ0) is 34.2. The molecule has 0 amide bonds. The molecule has 45 heavy (non-hydrogen) atoms. The average Bonchev–Trinajstić information content (AvgIpc) is 3.42. The van der Waals surface area contributed by atoms with Gasteiger partial charge in [-0.25, -0.2) is 0 Å². The van der Waals surface area contributed by atoms with Crippen molar-refractivity contribution in [3.63, 3.8) is 0 Å². The van der Waals surface area contributed by atoms with Crippen LogP contribution in [0.3, 0.4) is 0 Å². The van der Waals surface area contributed by atoms with Crippen molar-refractivity contribution < 1.29 is 0 Å². The fourth-order valence-corrected chi connectivity index (χ4v) is 4.98. The molecule has 2 unspecified atom stereocenters. The maximum absolute atomic E-state index is 5.57. The van der Waals surface area contributed by atoms with Crippen LogP contribution in [0, 0.1) is 6.92 Å². The number of benzene rings is 1. The number of nitrogens with one attached hydrogen (secondary N) is 2. The van der Waals surface area contributed by atoms with Crippen molar-refractivity contribution in [1.82, 2.24) is 15.5 Å². The lowest BCUT2D eigenvalue weighted by molar-refractivity contribution is 0.299. The summed E-state index contributed by atoms with van der Waals surface area (Å²) >= 11 is 0. The van der Waals surface area contributed by atoms with Crippen molar-refractivity contribution in [2.75, 3.05) is 19.6 Å².